The SMILES string of the molecule is CCNC(Cc1ccc(C(=O)c2ccccc2)cc1)C(C)=O. The van der Waals surface area contributed by atoms with Crippen molar-refractivity contribution < 1.29 is 9.59 Å². The second-order valence-electron chi connectivity index (χ2n) is 5.32. The van der Waals surface area contributed by atoms with Gasteiger partial charge in [0, 0.05) is 11.1 Å². The summed E-state index contributed by atoms with van der Waals surface area (Å²) in [6.07, 6.45) is 0.642. The zero-order valence-electron chi connectivity index (χ0n) is 13.0. The Labute approximate surface area is 131 Å². The highest BCUT2D eigenvalue weighted by Gasteiger charge is 2.14. The topological polar surface area (TPSA) is 46.2 Å². The van der Waals surface area contributed by atoms with Crippen LogP contribution < -0.4 is 5.32 Å². The van der Waals surface area contributed by atoms with Crippen molar-refractivity contribution >= 4 is 11.6 Å². The van der Waals surface area contributed by atoms with Gasteiger partial charge in [0.25, 0.3) is 0 Å². The normalized spacial score (nSPS) is 11.9. The Morgan fingerprint density at radius 1 is 0.955 bits per heavy atom. The first-order valence-corrected chi connectivity index (χ1v) is 7.54. The fourth-order valence-corrected chi connectivity index (χ4v) is 2.39. The lowest BCUT2D eigenvalue weighted by Crippen LogP contribution is -2.37. The van der Waals surface area contributed by atoms with Crippen molar-refractivity contribution in [3.05, 3.63) is 71.3 Å². The third-order valence-corrected chi connectivity index (χ3v) is 3.63. The van der Waals surface area contributed by atoms with Crippen LogP contribution in [0.3, 0.4) is 0 Å². The Bertz CT molecular complexity index is 632. The number of nitrogens with one attached hydrogen (secondary N) is 1. The van der Waals surface area contributed by atoms with Crippen LogP contribution in [0.4, 0.5) is 0 Å². The first kappa shape index (κ1) is 16.1. The molecule has 0 spiro atoms. The van der Waals surface area contributed by atoms with Crippen molar-refractivity contribution in [2.75, 3.05) is 6.54 Å². The molecular weight excluding hydrogens is 274 g/mol. The van der Waals surface area contributed by atoms with Gasteiger partial charge >= 0.3 is 0 Å². The van der Waals surface area contributed by atoms with E-state index in [-0.39, 0.29) is 17.6 Å². The van der Waals surface area contributed by atoms with Gasteiger partial charge in [-0.1, -0.05) is 61.5 Å². The van der Waals surface area contributed by atoms with Crippen LogP contribution in [-0.4, -0.2) is 24.2 Å². The van der Waals surface area contributed by atoms with E-state index in [4.69, 9.17) is 0 Å². The number of ketones is 2. The molecule has 0 saturated carbocycles. The minimum absolute atomic E-state index is 0.0157. The van der Waals surface area contributed by atoms with Crippen molar-refractivity contribution in [2.24, 2.45) is 0 Å². The molecule has 22 heavy (non-hydrogen) atoms. The summed E-state index contributed by atoms with van der Waals surface area (Å²) in [4.78, 5) is 23.9. The lowest BCUT2D eigenvalue weighted by molar-refractivity contribution is -0.118. The van der Waals surface area contributed by atoms with E-state index >= 15 is 0 Å². The van der Waals surface area contributed by atoms with Gasteiger partial charge in [-0.3, -0.25) is 9.59 Å². The fraction of sp³-hybridized carbons (Fsp3) is 0.263. The summed E-state index contributed by atoms with van der Waals surface area (Å²) in [6, 6.07) is 16.6. The monoisotopic (exact) mass is 295 g/mol. The van der Waals surface area contributed by atoms with Crippen LogP contribution in [0.25, 0.3) is 0 Å². The Kier molecular flexibility index (Phi) is 5.61. The lowest BCUT2D eigenvalue weighted by atomic mass is 9.98. The first-order chi connectivity index (χ1) is 10.6. The van der Waals surface area contributed by atoms with Gasteiger partial charge in [-0.25, -0.2) is 0 Å². The van der Waals surface area contributed by atoms with Gasteiger partial charge in [-0.2, -0.15) is 0 Å². The van der Waals surface area contributed by atoms with Gasteiger partial charge < -0.3 is 5.32 Å². The number of benzene rings is 2. The number of carbonyl (C=O) groups is 2. The Morgan fingerprint density at radius 3 is 2.09 bits per heavy atom. The van der Waals surface area contributed by atoms with E-state index < -0.39 is 0 Å². The predicted molar refractivity (Wildman–Crippen MR) is 88.2 cm³/mol. The molecule has 2 rings (SSSR count). The molecule has 3 nitrogen and oxygen atoms in total. The van der Waals surface area contributed by atoms with Gasteiger partial charge in [-0.05, 0) is 25.5 Å². The molecule has 0 aliphatic rings. The van der Waals surface area contributed by atoms with Crippen LogP contribution in [-0.2, 0) is 11.2 Å². The Hall–Kier alpha value is -2.26. The highest BCUT2D eigenvalue weighted by molar-refractivity contribution is 6.08. The van der Waals surface area contributed by atoms with E-state index in [9.17, 15) is 9.59 Å². The van der Waals surface area contributed by atoms with E-state index in [1.54, 1.807) is 6.92 Å². The maximum Gasteiger partial charge on any atom is 0.193 e. The molecule has 0 amide bonds. The smallest absolute Gasteiger partial charge is 0.193 e. The zero-order chi connectivity index (χ0) is 15.9. The molecule has 0 saturated heterocycles. The van der Waals surface area contributed by atoms with Gasteiger partial charge in [0.05, 0.1) is 6.04 Å². The fourth-order valence-electron chi connectivity index (χ4n) is 2.39. The molecule has 114 valence electrons. The molecular formula is C19H21NO2. The quantitative estimate of drug-likeness (QED) is 0.799. The highest BCUT2D eigenvalue weighted by Crippen LogP contribution is 2.12. The van der Waals surface area contributed by atoms with Gasteiger partial charge in [0.2, 0.25) is 0 Å². The summed E-state index contributed by atoms with van der Waals surface area (Å²) < 4.78 is 0. The molecule has 1 N–H and O–H groups in total. The molecule has 2 aromatic rings. The molecule has 0 aliphatic carbocycles. The molecule has 0 aromatic heterocycles. The number of hydrogen-bond donors (Lipinski definition) is 1. The average Bonchev–Trinajstić information content (AvgIpc) is 2.55. The summed E-state index contributed by atoms with van der Waals surface area (Å²) >= 11 is 0. The molecule has 0 fully saturated rings. The second-order valence-corrected chi connectivity index (χ2v) is 5.32. The van der Waals surface area contributed by atoms with E-state index in [0.29, 0.717) is 17.5 Å². The molecule has 3 heteroatoms. The van der Waals surface area contributed by atoms with Crippen LogP contribution in [0.1, 0.15) is 35.3 Å². The van der Waals surface area contributed by atoms with Crippen LogP contribution in [0, 0.1) is 0 Å². The van der Waals surface area contributed by atoms with Crippen molar-refractivity contribution in [3.8, 4) is 0 Å². The molecule has 1 unspecified atom stereocenters. The van der Waals surface area contributed by atoms with E-state index in [1.807, 2.05) is 61.5 Å². The van der Waals surface area contributed by atoms with Crippen LogP contribution in [0.15, 0.2) is 54.6 Å². The largest absolute Gasteiger partial charge is 0.307 e. The summed E-state index contributed by atoms with van der Waals surface area (Å²) in [7, 11) is 0. The second kappa shape index (κ2) is 7.66. The number of Topliss-reactive ketones (excluding diaryl/α,β-unsaturated/α-hetero) is 1. The standard InChI is InChI=1S/C19H21NO2/c1-3-20-18(14(2)21)13-15-9-11-17(12-10-15)19(22)16-7-5-4-6-8-16/h4-12,18,20H,3,13H2,1-2H3. The lowest BCUT2D eigenvalue weighted by Gasteiger charge is -2.14. The molecule has 0 aliphatic heterocycles. The van der Waals surface area contributed by atoms with E-state index in [1.165, 1.54) is 0 Å². The number of rotatable bonds is 7. The zero-order valence-corrected chi connectivity index (χ0v) is 13.0. The summed E-state index contributed by atoms with van der Waals surface area (Å²) in [5.41, 5.74) is 2.40. The van der Waals surface area contributed by atoms with Crippen molar-refractivity contribution in [2.45, 2.75) is 26.3 Å². The van der Waals surface area contributed by atoms with Crippen molar-refractivity contribution in [1.82, 2.24) is 5.32 Å². The molecule has 0 heterocycles. The first-order valence-electron chi connectivity index (χ1n) is 7.54. The Morgan fingerprint density at radius 2 is 1.55 bits per heavy atom. The average molecular weight is 295 g/mol. The summed E-state index contributed by atoms with van der Waals surface area (Å²) in [5, 5.41) is 3.18. The minimum atomic E-state index is -0.166. The Balaban J connectivity index is 2.10. The van der Waals surface area contributed by atoms with Crippen LogP contribution in [0.2, 0.25) is 0 Å². The number of carbonyl (C=O) groups excluding carboxylic acids is 2. The predicted octanol–water partition coefficient (Wildman–Crippen LogP) is 3.03. The number of likely N-dealkylation sites (N-methyl/N-ethyl adjacent to an activating group) is 1. The summed E-state index contributed by atoms with van der Waals surface area (Å²) in [6.45, 7) is 4.34. The van der Waals surface area contributed by atoms with E-state index in [2.05, 4.69) is 5.32 Å². The third-order valence-electron chi connectivity index (χ3n) is 3.63. The van der Waals surface area contributed by atoms with Crippen molar-refractivity contribution in [3.63, 3.8) is 0 Å². The molecule has 1 atom stereocenters. The number of hydrogen-bond acceptors (Lipinski definition) is 3. The van der Waals surface area contributed by atoms with E-state index in [0.717, 1.165) is 12.1 Å². The maximum atomic E-state index is 12.3. The minimum Gasteiger partial charge on any atom is -0.307 e. The van der Waals surface area contributed by atoms with Crippen molar-refractivity contribution in [1.29, 1.82) is 0 Å². The maximum absolute atomic E-state index is 12.3. The molecule has 2 aromatic carbocycles. The molecule has 0 radical (unpaired) electrons. The van der Waals surface area contributed by atoms with Gasteiger partial charge in [0.15, 0.2) is 5.78 Å². The van der Waals surface area contributed by atoms with Gasteiger partial charge in [-0.15, -0.1) is 0 Å². The summed E-state index contributed by atoms with van der Waals surface area (Å²) in [5.74, 6) is 0.147. The molecule has 0 bridgehead atoms. The highest BCUT2D eigenvalue weighted by atomic mass is 16.1. The third kappa shape index (κ3) is 4.12. The van der Waals surface area contributed by atoms with Crippen LogP contribution in [0.5, 0.6) is 0 Å². The van der Waals surface area contributed by atoms with Gasteiger partial charge in [0.1, 0.15) is 5.78 Å². The van der Waals surface area contributed by atoms with Crippen LogP contribution >= 0.6 is 0 Å².